The predicted octanol–water partition coefficient (Wildman–Crippen LogP) is 3.24. The first-order valence-electron chi connectivity index (χ1n) is 5.90. The molecule has 0 unspecified atom stereocenters. The number of nitrogens with one attached hydrogen (secondary N) is 2. The Kier molecular flexibility index (Phi) is 3.89. The van der Waals surface area contributed by atoms with E-state index >= 15 is 0 Å². The Hall–Kier alpha value is -2.24. The van der Waals surface area contributed by atoms with E-state index in [1.54, 1.807) is 6.07 Å². The lowest BCUT2D eigenvalue weighted by molar-refractivity contribution is 0.586. The molecule has 2 rings (SSSR count). The number of aryl methyl sites for hydroxylation is 1. The summed E-state index contributed by atoms with van der Waals surface area (Å²) in [5.74, 6) is -0.363. The Balaban J connectivity index is 2.27. The summed E-state index contributed by atoms with van der Waals surface area (Å²) in [5.41, 5.74) is 0.915. The van der Waals surface area contributed by atoms with Crippen LogP contribution in [0.5, 0.6) is 0 Å². The standard InChI is InChI=1S/C13H14F2N4/c1-3-16-13-17-8(2)6-12(19-13)18-11-5-4-9(14)7-10(11)15/h4-7H,3H2,1-2H3,(H2,16,17,18,19). The normalized spacial score (nSPS) is 10.3. The fourth-order valence-corrected chi connectivity index (χ4v) is 1.60. The zero-order valence-corrected chi connectivity index (χ0v) is 10.7. The van der Waals surface area contributed by atoms with Gasteiger partial charge in [-0.25, -0.2) is 13.8 Å². The molecule has 4 nitrogen and oxygen atoms in total. The van der Waals surface area contributed by atoms with Crippen molar-refractivity contribution in [1.82, 2.24) is 9.97 Å². The van der Waals surface area contributed by atoms with Gasteiger partial charge < -0.3 is 10.6 Å². The first-order chi connectivity index (χ1) is 9.08. The van der Waals surface area contributed by atoms with Crippen LogP contribution in [0.1, 0.15) is 12.6 Å². The van der Waals surface area contributed by atoms with E-state index in [4.69, 9.17) is 0 Å². The van der Waals surface area contributed by atoms with Crippen molar-refractivity contribution in [3.05, 3.63) is 41.6 Å². The van der Waals surface area contributed by atoms with Gasteiger partial charge >= 0.3 is 0 Å². The van der Waals surface area contributed by atoms with E-state index < -0.39 is 11.6 Å². The molecule has 0 aliphatic rings. The monoisotopic (exact) mass is 264 g/mol. The van der Waals surface area contributed by atoms with Crippen molar-refractivity contribution in [1.29, 1.82) is 0 Å². The molecule has 0 bridgehead atoms. The van der Waals surface area contributed by atoms with Crippen LogP contribution in [0.15, 0.2) is 24.3 Å². The third-order valence-electron chi connectivity index (χ3n) is 2.38. The average Bonchev–Trinajstić information content (AvgIpc) is 2.32. The second kappa shape index (κ2) is 5.60. The maximum Gasteiger partial charge on any atom is 0.224 e. The zero-order chi connectivity index (χ0) is 13.8. The molecule has 2 N–H and O–H groups in total. The minimum absolute atomic E-state index is 0.168. The lowest BCUT2D eigenvalue weighted by Crippen LogP contribution is -2.05. The number of hydrogen-bond donors (Lipinski definition) is 2. The molecule has 0 saturated heterocycles. The number of rotatable bonds is 4. The maximum absolute atomic E-state index is 13.5. The van der Waals surface area contributed by atoms with Gasteiger partial charge in [-0.3, -0.25) is 0 Å². The Morgan fingerprint density at radius 3 is 2.63 bits per heavy atom. The van der Waals surface area contributed by atoms with Gasteiger partial charge in [0.25, 0.3) is 0 Å². The van der Waals surface area contributed by atoms with Crippen LogP contribution in [0.25, 0.3) is 0 Å². The number of aromatic nitrogens is 2. The number of nitrogens with zero attached hydrogens (tertiary/aromatic N) is 2. The van der Waals surface area contributed by atoms with Gasteiger partial charge in [0.1, 0.15) is 17.5 Å². The molecule has 0 atom stereocenters. The quantitative estimate of drug-likeness (QED) is 0.890. The van der Waals surface area contributed by atoms with E-state index in [9.17, 15) is 8.78 Å². The van der Waals surface area contributed by atoms with Crippen molar-refractivity contribution < 1.29 is 8.78 Å². The number of benzene rings is 1. The number of hydrogen-bond acceptors (Lipinski definition) is 4. The lowest BCUT2D eigenvalue weighted by atomic mass is 10.3. The molecular formula is C13H14F2N4. The minimum Gasteiger partial charge on any atom is -0.354 e. The average molecular weight is 264 g/mol. The van der Waals surface area contributed by atoms with Crippen LogP contribution in [-0.4, -0.2) is 16.5 Å². The molecule has 0 aliphatic heterocycles. The van der Waals surface area contributed by atoms with Crippen LogP contribution in [0, 0.1) is 18.6 Å². The van der Waals surface area contributed by atoms with Crippen molar-refractivity contribution >= 4 is 17.5 Å². The summed E-state index contributed by atoms with van der Waals surface area (Å²) in [5, 5.41) is 5.79. The van der Waals surface area contributed by atoms with Crippen LogP contribution >= 0.6 is 0 Å². The van der Waals surface area contributed by atoms with Crippen molar-refractivity contribution in [3.8, 4) is 0 Å². The summed E-state index contributed by atoms with van der Waals surface area (Å²) < 4.78 is 26.3. The van der Waals surface area contributed by atoms with Gasteiger partial charge in [0, 0.05) is 24.4 Å². The molecule has 0 aliphatic carbocycles. The second-order valence-corrected chi connectivity index (χ2v) is 4.00. The first kappa shape index (κ1) is 13.2. The van der Waals surface area contributed by atoms with E-state index in [0.717, 1.165) is 11.8 Å². The topological polar surface area (TPSA) is 49.8 Å². The molecule has 19 heavy (non-hydrogen) atoms. The predicted molar refractivity (Wildman–Crippen MR) is 70.6 cm³/mol. The van der Waals surface area contributed by atoms with E-state index in [1.165, 1.54) is 12.1 Å². The van der Waals surface area contributed by atoms with Gasteiger partial charge in [0.05, 0.1) is 5.69 Å². The van der Waals surface area contributed by atoms with Crippen LogP contribution in [0.2, 0.25) is 0 Å². The fourth-order valence-electron chi connectivity index (χ4n) is 1.60. The van der Waals surface area contributed by atoms with Gasteiger partial charge in [0.2, 0.25) is 5.95 Å². The van der Waals surface area contributed by atoms with E-state index in [0.29, 0.717) is 18.3 Å². The molecular weight excluding hydrogens is 250 g/mol. The highest BCUT2D eigenvalue weighted by atomic mass is 19.1. The Labute approximate surface area is 109 Å². The van der Waals surface area contributed by atoms with Crippen LogP contribution in [-0.2, 0) is 0 Å². The molecule has 1 heterocycles. The van der Waals surface area contributed by atoms with E-state index in [2.05, 4.69) is 20.6 Å². The van der Waals surface area contributed by atoms with Crippen molar-refractivity contribution in [2.45, 2.75) is 13.8 Å². The third-order valence-corrected chi connectivity index (χ3v) is 2.38. The molecule has 1 aromatic heterocycles. The maximum atomic E-state index is 13.5. The Morgan fingerprint density at radius 2 is 1.95 bits per heavy atom. The summed E-state index contributed by atoms with van der Waals surface area (Å²) in [7, 11) is 0. The summed E-state index contributed by atoms with van der Waals surface area (Å²) in [6.45, 7) is 4.43. The fraction of sp³-hybridized carbons (Fsp3) is 0.231. The van der Waals surface area contributed by atoms with Crippen LogP contribution < -0.4 is 10.6 Å². The lowest BCUT2D eigenvalue weighted by Gasteiger charge is -2.09. The van der Waals surface area contributed by atoms with Crippen molar-refractivity contribution in [3.63, 3.8) is 0 Å². The molecule has 0 fully saturated rings. The van der Waals surface area contributed by atoms with Crippen LogP contribution in [0.3, 0.4) is 0 Å². The second-order valence-electron chi connectivity index (χ2n) is 4.00. The molecule has 6 heteroatoms. The van der Waals surface area contributed by atoms with Crippen LogP contribution in [0.4, 0.5) is 26.2 Å². The van der Waals surface area contributed by atoms with Gasteiger partial charge in [0.15, 0.2) is 0 Å². The first-order valence-corrected chi connectivity index (χ1v) is 5.90. The molecule has 2 aromatic rings. The van der Waals surface area contributed by atoms with E-state index in [1.807, 2.05) is 13.8 Å². The van der Waals surface area contributed by atoms with Gasteiger partial charge in [-0.2, -0.15) is 4.98 Å². The summed E-state index contributed by atoms with van der Waals surface area (Å²) >= 11 is 0. The summed E-state index contributed by atoms with van der Waals surface area (Å²) in [6, 6.07) is 5.02. The third kappa shape index (κ3) is 3.37. The molecule has 0 spiro atoms. The highest BCUT2D eigenvalue weighted by Crippen LogP contribution is 2.20. The number of anilines is 3. The highest BCUT2D eigenvalue weighted by molar-refractivity contribution is 5.58. The summed E-state index contributed by atoms with van der Waals surface area (Å²) in [6.07, 6.45) is 0. The van der Waals surface area contributed by atoms with Gasteiger partial charge in [-0.15, -0.1) is 0 Å². The molecule has 0 saturated carbocycles. The van der Waals surface area contributed by atoms with Gasteiger partial charge in [-0.05, 0) is 26.0 Å². The summed E-state index contributed by atoms with van der Waals surface area (Å²) in [4.78, 5) is 8.37. The van der Waals surface area contributed by atoms with E-state index in [-0.39, 0.29) is 5.69 Å². The molecule has 0 amide bonds. The smallest absolute Gasteiger partial charge is 0.224 e. The molecule has 0 radical (unpaired) electrons. The Morgan fingerprint density at radius 1 is 1.16 bits per heavy atom. The van der Waals surface area contributed by atoms with Crippen molar-refractivity contribution in [2.75, 3.05) is 17.2 Å². The minimum atomic E-state index is -0.665. The highest BCUT2D eigenvalue weighted by Gasteiger charge is 2.06. The Bertz CT molecular complexity index is 587. The zero-order valence-electron chi connectivity index (χ0n) is 10.7. The largest absolute Gasteiger partial charge is 0.354 e. The SMILES string of the molecule is CCNc1nc(C)cc(Nc2ccc(F)cc2F)n1. The van der Waals surface area contributed by atoms with Gasteiger partial charge in [-0.1, -0.05) is 0 Å². The number of halogens is 2. The molecule has 100 valence electrons. The van der Waals surface area contributed by atoms with Crippen molar-refractivity contribution in [2.24, 2.45) is 0 Å². The molecule has 1 aromatic carbocycles.